The fourth-order valence-corrected chi connectivity index (χ4v) is 5.36. The third kappa shape index (κ3) is 7.72. The largest absolute Gasteiger partial charge is 0.421 e. The maximum atomic E-state index is 13.2. The van der Waals surface area contributed by atoms with Crippen molar-refractivity contribution in [2.45, 2.75) is 71.1 Å². The third-order valence-corrected chi connectivity index (χ3v) is 7.70. The molecule has 1 aromatic heterocycles. The number of piperazine rings is 1. The zero-order chi connectivity index (χ0) is 29.8. The molecule has 1 saturated heterocycles. The molecule has 2 atom stereocenters. The maximum Gasteiger partial charge on any atom is 0.421 e. The predicted octanol–water partition coefficient (Wildman–Crippen LogP) is 5.43. The number of pyridine rings is 1. The number of carbonyl (C=O) groups is 1. The molecule has 220 valence electrons. The Morgan fingerprint density at radius 3 is 2.32 bits per heavy atom. The second-order valence-electron chi connectivity index (χ2n) is 11.4. The van der Waals surface area contributed by atoms with Gasteiger partial charge in [0.2, 0.25) is 5.91 Å². The molecule has 2 aromatic carbocycles. The predicted molar refractivity (Wildman–Crippen MR) is 154 cm³/mol. The molecule has 1 fully saturated rings. The molecule has 41 heavy (non-hydrogen) atoms. The van der Waals surface area contributed by atoms with Gasteiger partial charge >= 0.3 is 6.18 Å². The molecule has 0 saturated carbocycles. The highest BCUT2D eigenvalue weighted by atomic mass is 19.4. The number of nitrogens with zero attached hydrogens (tertiary/aromatic N) is 3. The zero-order valence-corrected chi connectivity index (χ0v) is 24.1. The van der Waals surface area contributed by atoms with Crippen LogP contribution in [0.25, 0.3) is 11.1 Å². The van der Waals surface area contributed by atoms with Gasteiger partial charge in [0.05, 0.1) is 0 Å². The Labute approximate surface area is 240 Å². The van der Waals surface area contributed by atoms with Crippen LogP contribution in [0.1, 0.15) is 49.4 Å². The van der Waals surface area contributed by atoms with Gasteiger partial charge in [0, 0.05) is 63.6 Å². The van der Waals surface area contributed by atoms with Crippen LogP contribution in [0.3, 0.4) is 0 Å². The molecular formula is C32H39F3N4O2. The number of hydrogen-bond donors (Lipinski definition) is 2. The SMILES string of the molecule is Cc1cc(CN2CCN(Cc3ccncc3)CC2CC(=O)NC(C)C)ccc1-c1ccc(C(C)(O)C(F)(F)F)cc1. The number of rotatable bonds is 9. The molecule has 4 rings (SSSR count). The van der Waals surface area contributed by atoms with Crippen LogP contribution in [0.15, 0.2) is 67.0 Å². The molecule has 2 N–H and O–H groups in total. The Morgan fingerprint density at radius 1 is 1.02 bits per heavy atom. The topological polar surface area (TPSA) is 68.7 Å². The first-order chi connectivity index (χ1) is 19.3. The van der Waals surface area contributed by atoms with Crippen LogP contribution in [0.5, 0.6) is 0 Å². The molecule has 6 nitrogen and oxygen atoms in total. The Bertz CT molecular complexity index is 1310. The van der Waals surface area contributed by atoms with E-state index < -0.39 is 11.8 Å². The first-order valence-electron chi connectivity index (χ1n) is 14.0. The monoisotopic (exact) mass is 568 g/mol. The van der Waals surface area contributed by atoms with Gasteiger partial charge in [0.25, 0.3) is 0 Å². The van der Waals surface area contributed by atoms with E-state index in [1.165, 1.54) is 17.7 Å². The van der Waals surface area contributed by atoms with Gasteiger partial charge in [0.1, 0.15) is 0 Å². The average molecular weight is 569 g/mol. The second-order valence-corrected chi connectivity index (χ2v) is 11.4. The van der Waals surface area contributed by atoms with Crippen molar-refractivity contribution in [3.8, 4) is 11.1 Å². The summed E-state index contributed by atoms with van der Waals surface area (Å²) in [6.07, 6.45) is -0.753. The maximum absolute atomic E-state index is 13.2. The number of aryl methyl sites for hydroxylation is 1. The van der Waals surface area contributed by atoms with E-state index in [0.717, 1.165) is 55.4 Å². The van der Waals surface area contributed by atoms with Crippen molar-refractivity contribution >= 4 is 5.91 Å². The van der Waals surface area contributed by atoms with Crippen molar-refractivity contribution < 1.29 is 23.1 Å². The molecule has 3 aromatic rings. The average Bonchev–Trinajstić information content (AvgIpc) is 2.90. The van der Waals surface area contributed by atoms with Crippen LogP contribution in [-0.2, 0) is 23.5 Å². The van der Waals surface area contributed by atoms with Crippen LogP contribution in [0.4, 0.5) is 13.2 Å². The Hall–Kier alpha value is -3.27. The lowest BCUT2D eigenvalue weighted by atomic mass is 9.92. The first-order valence-corrected chi connectivity index (χ1v) is 14.0. The van der Waals surface area contributed by atoms with Crippen LogP contribution in [0, 0.1) is 6.92 Å². The van der Waals surface area contributed by atoms with Crippen LogP contribution >= 0.6 is 0 Å². The summed E-state index contributed by atoms with van der Waals surface area (Å²) < 4.78 is 39.7. The number of halogens is 3. The standard InChI is InChI=1S/C32H39F3N4O2/c1-22(2)37-30(40)18-28-21-38(19-24-11-13-36-14-12-24)15-16-39(28)20-25-5-10-29(23(3)17-25)26-6-8-27(9-7-26)31(4,41)32(33,34)35/h5-14,17,22,28,41H,15-16,18-21H2,1-4H3,(H,37,40). The number of aliphatic hydroxyl groups is 1. The summed E-state index contributed by atoms with van der Waals surface area (Å²) in [6, 6.07) is 16.2. The van der Waals surface area contributed by atoms with Gasteiger partial charge in [-0.3, -0.25) is 19.6 Å². The summed E-state index contributed by atoms with van der Waals surface area (Å²) in [5.74, 6) is 0.0419. The number of benzene rings is 2. The molecular weight excluding hydrogens is 529 g/mol. The highest BCUT2D eigenvalue weighted by molar-refractivity contribution is 5.76. The van der Waals surface area contributed by atoms with E-state index in [1.54, 1.807) is 24.5 Å². The number of aromatic nitrogens is 1. The number of alkyl halides is 3. The van der Waals surface area contributed by atoms with Gasteiger partial charge in [-0.15, -0.1) is 0 Å². The van der Waals surface area contributed by atoms with Gasteiger partial charge in [-0.25, -0.2) is 0 Å². The molecule has 0 aliphatic carbocycles. The summed E-state index contributed by atoms with van der Waals surface area (Å²) in [7, 11) is 0. The van der Waals surface area contributed by atoms with Gasteiger partial charge in [-0.2, -0.15) is 13.2 Å². The van der Waals surface area contributed by atoms with Crippen LogP contribution < -0.4 is 5.32 Å². The number of amides is 1. The molecule has 1 amide bonds. The minimum Gasteiger partial charge on any atom is -0.376 e. The van der Waals surface area contributed by atoms with E-state index >= 15 is 0 Å². The molecule has 9 heteroatoms. The van der Waals surface area contributed by atoms with Gasteiger partial charge in [-0.1, -0.05) is 42.5 Å². The van der Waals surface area contributed by atoms with Crippen molar-refractivity contribution in [3.63, 3.8) is 0 Å². The molecule has 0 spiro atoms. The lowest BCUT2D eigenvalue weighted by molar-refractivity contribution is -0.258. The first kappa shape index (κ1) is 30.7. The fourth-order valence-electron chi connectivity index (χ4n) is 5.36. The van der Waals surface area contributed by atoms with Crippen molar-refractivity contribution in [1.82, 2.24) is 20.1 Å². The van der Waals surface area contributed by atoms with Crippen molar-refractivity contribution in [2.24, 2.45) is 0 Å². The summed E-state index contributed by atoms with van der Waals surface area (Å²) in [4.78, 5) is 21.6. The molecule has 0 radical (unpaired) electrons. The zero-order valence-electron chi connectivity index (χ0n) is 24.1. The number of hydrogen-bond acceptors (Lipinski definition) is 5. The fraction of sp³-hybridized carbons (Fsp3) is 0.438. The number of nitrogens with one attached hydrogen (secondary N) is 1. The minimum absolute atomic E-state index is 0.0419. The van der Waals surface area contributed by atoms with Crippen LogP contribution in [-0.4, -0.2) is 63.7 Å². The van der Waals surface area contributed by atoms with Crippen molar-refractivity contribution in [2.75, 3.05) is 19.6 Å². The Kier molecular flexibility index (Phi) is 9.51. The van der Waals surface area contributed by atoms with Crippen molar-refractivity contribution in [1.29, 1.82) is 0 Å². The smallest absolute Gasteiger partial charge is 0.376 e. The molecule has 1 aliphatic rings. The van der Waals surface area contributed by atoms with Gasteiger partial charge in [0.15, 0.2) is 5.60 Å². The van der Waals surface area contributed by atoms with Gasteiger partial charge in [-0.05, 0) is 73.2 Å². The summed E-state index contributed by atoms with van der Waals surface area (Å²) in [5.41, 5.74) is 1.91. The summed E-state index contributed by atoms with van der Waals surface area (Å²) in [6.45, 7) is 10.7. The van der Waals surface area contributed by atoms with E-state index in [2.05, 4.69) is 26.2 Å². The Morgan fingerprint density at radius 2 is 1.71 bits per heavy atom. The highest BCUT2D eigenvalue weighted by Gasteiger charge is 2.51. The van der Waals surface area contributed by atoms with E-state index in [4.69, 9.17) is 0 Å². The molecule has 0 bridgehead atoms. The quantitative estimate of drug-likeness (QED) is 0.361. The third-order valence-electron chi connectivity index (χ3n) is 7.70. The van der Waals surface area contributed by atoms with E-state index in [9.17, 15) is 23.1 Å². The van der Waals surface area contributed by atoms with E-state index in [-0.39, 0.29) is 23.6 Å². The minimum atomic E-state index is -4.76. The summed E-state index contributed by atoms with van der Waals surface area (Å²) >= 11 is 0. The number of carbonyl (C=O) groups excluding carboxylic acids is 1. The molecule has 2 unspecified atom stereocenters. The van der Waals surface area contributed by atoms with Crippen molar-refractivity contribution in [3.05, 3.63) is 89.2 Å². The highest BCUT2D eigenvalue weighted by Crippen LogP contribution is 2.39. The van der Waals surface area contributed by atoms with Crippen LogP contribution in [0.2, 0.25) is 0 Å². The lowest BCUT2D eigenvalue weighted by Gasteiger charge is -2.41. The molecule has 1 aliphatic heterocycles. The van der Waals surface area contributed by atoms with E-state index in [0.29, 0.717) is 13.0 Å². The molecule has 2 heterocycles. The van der Waals surface area contributed by atoms with Gasteiger partial charge < -0.3 is 10.4 Å². The Balaban J connectivity index is 1.48. The van der Waals surface area contributed by atoms with E-state index in [1.807, 2.05) is 45.0 Å². The normalized spacial score (nSPS) is 18.3. The lowest BCUT2D eigenvalue weighted by Crippen LogP contribution is -2.53. The summed E-state index contributed by atoms with van der Waals surface area (Å²) in [5, 5.41) is 13.0. The second kappa shape index (κ2) is 12.7.